The van der Waals surface area contributed by atoms with Crippen LogP contribution in [-0.4, -0.2) is 18.9 Å². The van der Waals surface area contributed by atoms with Crippen LogP contribution in [0, 0.1) is 17.8 Å². The van der Waals surface area contributed by atoms with Crippen molar-refractivity contribution < 1.29 is 4.74 Å². The van der Waals surface area contributed by atoms with E-state index >= 15 is 0 Å². The molecule has 8 heavy (non-hydrogen) atoms. The second-order valence-electron chi connectivity index (χ2n) is 1.47. The van der Waals surface area contributed by atoms with Gasteiger partial charge in [-0.3, -0.25) is 0 Å². The van der Waals surface area contributed by atoms with E-state index in [-0.39, 0.29) is 0 Å². The normalized spacial score (nSPS) is 12.1. The van der Waals surface area contributed by atoms with E-state index in [4.69, 9.17) is 16.6 Å². The first kappa shape index (κ1) is 7.19. The first-order valence-electron chi connectivity index (χ1n) is 2.26. The van der Waals surface area contributed by atoms with Gasteiger partial charge in [-0.25, -0.2) is 0 Å². The largest absolute Gasteiger partial charge is 0.363 e. The Morgan fingerprint density at radius 2 is 2.38 bits per heavy atom. The molecule has 0 saturated carbocycles. The maximum atomic E-state index is 6.98. The SMILES string of the molecule is C#CC(OC)C(C)=N. The summed E-state index contributed by atoms with van der Waals surface area (Å²) in [5, 5.41) is 6.98. The molecule has 44 valence electrons. The molecule has 2 nitrogen and oxygen atoms in total. The van der Waals surface area contributed by atoms with Crippen molar-refractivity contribution in [2.45, 2.75) is 13.0 Å². The van der Waals surface area contributed by atoms with Gasteiger partial charge in [-0.05, 0) is 6.92 Å². The van der Waals surface area contributed by atoms with E-state index in [9.17, 15) is 0 Å². The van der Waals surface area contributed by atoms with Gasteiger partial charge in [0, 0.05) is 12.8 Å². The Morgan fingerprint density at radius 1 is 1.88 bits per heavy atom. The lowest BCUT2D eigenvalue weighted by Crippen LogP contribution is -2.16. The van der Waals surface area contributed by atoms with Gasteiger partial charge in [0.1, 0.15) is 0 Å². The molecule has 1 atom stereocenters. The van der Waals surface area contributed by atoms with E-state index in [2.05, 4.69) is 5.92 Å². The van der Waals surface area contributed by atoms with Gasteiger partial charge in [-0.1, -0.05) is 5.92 Å². The summed E-state index contributed by atoms with van der Waals surface area (Å²) in [6, 6.07) is 0. The lowest BCUT2D eigenvalue weighted by Gasteiger charge is -2.03. The Morgan fingerprint density at radius 3 is 2.38 bits per heavy atom. The predicted octanol–water partition coefficient (Wildman–Crippen LogP) is 0.674. The summed E-state index contributed by atoms with van der Waals surface area (Å²) in [6.07, 6.45) is 4.53. The molecule has 0 rings (SSSR count). The van der Waals surface area contributed by atoms with Crippen molar-refractivity contribution in [2.24, 2.45) is 0 Å². The van der Waals surface area contributed by atoms with Crippen LogP contribution >= 0.6 is 0 Å². The van der Waals surface area contributed by atoms with Gasteiger partial charge < -0.3 is 10.1 Å². The molecule has 0 radical (unpaired) electrons. The van der Waals surface area contributed by atoms with Gasteiger partial charge in [0.15, 0.2) is 6.10 Å². The monoisotopic (exact) mass is 111 g/mol. The molecule has 0 saturated heterocycles. The Bertz CT molecular complexity index is 123. The first-order chi connectivity index (χ1) is 3.72. The molecule has 0 aromatic rings. The zero-order chi connectivity index (χ0) is 6.57. The summed E-state index contributed by atoms with van der Waals surface area (Å²) in [5.74, 6) is 2.30. The molecule has 0 aliphatic carbocycles. The topological polar surface area (TPSA) is 33.1 Å². The molecule has 0 spiro atoms. The minimum Gasteiger partial charge on any atom is -0.363 e. The maximum absolute atomic E-state index is 6.98. The fraction of sp³-hybridized carbons (Fsp3) is 0.500. The summed E-state index contributed by atoms with van der Waals surface area (Å²) in [7, 11) is 1.49. The minimum absolute atomic E-state index is 0.370. The zero-order valence-corrected chi connectivity index (χ0v) is 5.06. The highest BCUT2D eigenvalue weighted by Crippen LogP contribution is 1.87. The Balaban J connectivity index is 3.76. The third kappa shape index (κ3) is 1.76. The van der Waals surface area contributed by atoms with Crippen LogP contribution in [0.15, 0.2) is 0 Å². The molecular weight excluding hydrogens is 102 g/mol. The highest BCUT2D eigenvalue weighted by Gasteiger charge is 2.01. The number of terminal acetylenes is 1. The number of methoxy groups -OCH3 is 1. The summed E-state index contributed by atoms with van der Waals surface area (Å²) < 4.78 is 4.70. The van der Waals surface area contributed by atoms with E-state index in [0.29, 0.717) is 5.71 Å². The molecular formula is C6H9NO. The Kier molecular flexibility index (Phi) is 2.90. The average molecular weight is 111 g/mol. The summed E-state index contributed by atoms with van der Waals surface area (Å²) in [4.78, 5) is 0. The second kappa shape index (κ2) is 3.23. The first-order valence-corrected chi connectivity index (χ1v) is 2.26. The number of hydrogen-bond donors (Lipinski definition) is 1. The van der Waals surface area contributed by atoms with Crippen molar-refractivity contribution >= 4 is 5.71 Å². The quantitative estimate of drug-likeness (QED) is 0.412. The van der Waals surface area contributed by atoms with Crippen molar-refractivity contribution in [2.75, 3.05) is 7.11 Å². The van der Waals surface area contributed by atoms with Crippen LogP contribution < -0.4 is 0 Å². The smallest absolute Gasteiger partial charge is 0.154 e. The van der Waals surface area contributed by atoms with Gasteiger partial charge >= 0.3 is 0 Å². The van der Waals surface area contributed by atoms with Crippen molar-refractivity contribution in [3.63, 3.8) is 0 Å². The summed E-state index contributed by atoms with van der Waals surface area (Å²) in [6.45, 7) is 1.62. The van der Waals surface area contributed by atoms with Crippen molar-refractivity contribution in [1.29, 1.82) is 5.41 Å². The van der Waals surface area contributed by atoms with Gasteiger partial charge in [-0.2, -0.15) is 0 Å². The van der Waals surface area contributed by atoms with Crippen LogP contribution in [-0.2, 0) is 4.74 Å². The van der Waals surface area contributed by atoms with E-state index in [1.54, 1.807) is 6.92 Å². The lowest BCUT2D eigenvalue weighted by molar-refractivity contribution is 0.197. The molecule has 0 amide bonds. The summed E-state index contributed by atoms with van der Waals surface area (Å²) in [5.41, 5.74) is 0.370. The van der Waals surface area contributed by atoms with Gasteiger partial charge in [0.25, 0.3) is 0 Å². The Labute approximate surface area is 49.4 Å². The van der Waals surface area contributed by atoms with Crippen LogP contribution in [0.25, 0.3) is 0 Å². The molecule has 0 aliphatic rings. The van der Waals surface area contributed by atoms with Crippen molar-refractivity contribution in [1.82, 2.24) is 0 Å². The third-order valence-electron chi connectivity index (χ3n) is 0.780. The number of nitrogens with one attached hydrogen (secondary N) is 1. The maximum Gasteiger partial charge on any atom is 0.154 e. The number of rotatable bonds is 2. The number of hydrogen-bond acceptors (Lipinski definition) is 2. The van der Waals surface area contributed by atoms with Gasteiger partial charge in [-0.15, -0.1) is 6.42 Å². The third-order valence-corrected chi connectivity index (χ3v) is 0.780. The van der Waals surface area contributed by atoms with Gasteiger partial charge in [0.2, 0.25) is 0 Å². The van der Waals surface area contributed by atoms with Crippen LogP contribution in [0.2, 0.25) is 0 Å². The lowest BCUT2D eigenvalue weighted by atomic mass is 10.2. The average Bonchev–Trinajstić information content (AvgIpc) is 1.69. The fourth-order valence-electron chi connectivity index (χ4n) is 0.370. The van der Waals surface area contributed by atoms with Crippen molar-refractivity contribution in [3.8, 4) is 12.3 Å². The van der Waals surface area contributed by atoms with E-state index in [1.165, 1.54) is 7.11 Å². The van der Waals surface area contributed by atoms with Crippen molar-refractivity contribution in [3.05, 3.63) is 0 Å². The second-order valence-corrected chi connectivity index (χ2v) is 1.47. The van der Waals surface area contributed by atoms with Crippen LogP contribution in [0.5, 0.6) is 0 Å². The van der Waals surface area contributed by atoms with E-state index in [0.717, 1.165) is 0 Å². The molecule has 2 heteroatoms. The number of ether oxygens (including phenoxy) is 1. The summed E-state index contributed by atoms with van der Waals surface area (Å²) >= 11 is 0. The molecule has 0 aromatic heterocycles. The highest BCUT2D eigenvalue weighted by molar-refractivity contribution is 5.86. The molecule has 0 aromatic carbocycles. The Hall–Kier alpha value is -0.810. The molecule has 1 N–H and O–H groups in total. The fourth-order valence-corrected chi connectivity index (χ4v) is 0.370. The van der Waals surface area contributed by atoms with Gasteiger partial charge in [0.05, 0.1) is 0 Å². The molecule has 0 aliphatic heterocycles. The predicted molar refractivity (Wildman–Crippen MR) is 33.0 cm³/mol. The molecule has 0 heterocycles. The van der Waals surface area contributed by atoms with Crippen LogP contribution in [0.3, 0.4) is 0 Å². The molecule has 1 unspecified atom stereocenters. The van der Waals surface area contributed by atoms with E-state index < -0.39 is 6.10 Å². The minimum atomic E-state index is -0.435. The van der Waals surface area contributed by atoms with Crippen LogP contribution in [0.4, 0.5) is 0 Å². The standard InChI is InChI=1S/C6H9NO/c1-4-6(8-3)5(2)7/h1,6-7H,2-3H3. The zero-order valence-electron chi connectivity index (χ0n) is 5.06. The van der Waals surface area contributed by atoms with Crippen LogP contribution in [0.1, 0.15) is 6.92 Å². The van der Waals surface area contributed by atoms with E-state index in [1.807, 2.05) is 0 Å². The molecule has 0 bridgehead atoms. The highest BCUT2D eigenvalue weighted by atomic mass is 16.5. The molecule has 0 fully saturated rings.